The first kappa shape index (κ1) is 9.96. The van der Waals surface area contributed by atoms with Crippen LogP contribution in [0.25, 0.3) is 0 Å². The average Bonchev–Trinajstić information content (AvgIpc) is 1.83. The maximum absolute atomic E-state index is 9.39. The Labute approximate surface area is 74.3 Å². The van der Waals surface area contributed by atoms with Crippen LogP contribution in [0.2, 0.25) is 0 Å². The highest BCUT2D eigenvalue weighted by Gasteiger charge is 2.34. The molecule has 12 heavy (non-hydrogen) atoms. The molecule has 1 fully saturated rings. The van der Waals surface area contributed by atoms with Gasteiger partial charge in [0.05, 0.1) is 12.7 Å². The van der Waals surface area contributed by atoms with Crippen molar-refractivity contribution in [2.24, 2.45) is 5.41 Å². The number of ether oxygens (including phenoxy) is 1. The van der Waals surface area contributed by atoms with Crippen LogP contribution < -0.4 is 0 Å². The molecule has 3 heteroatoms. The highest BCUT2D eigenvalue weighted by atomic mass is 16.5. The molecule has 0 aromatic carbocycles. The summed E-state index contributed by atoms with van der Waals surface area (Å²) in [6.45, 7) is 7.86. The predicted octanol–water partition coefficient (Wildman–Crippen LogP) is 0.336. The van der Waals surface area contributed by atoms with Crippen LogP contribution in [0.15, 0.2) is 0 Å². The van der Waals surface area contributed by atoms with E-state index in [-0.39, 0.29) is 6.10 Å². The first-order chi connectivity index (χ1) is 5.53. The van der Waals surface area contributed by atoms with Crippen molar-refractivity contribution in [1.29, 1.82) is 0 Å². The second kappa shape index (κ2) is 3.73. The fourth-order valence-corrected chi connectivity index (χ4v) is 1.84. The summed E-state index contributed by atoms with van der Waals surface area (Å²) in [6, 6.07) is 0. The van der Waals surface area contributed by atoms with Crippen LogP contribution in [0, 0.1) is 5.41 Å². The SMILES string of the molecule is COCC(O)CN1CC(C)(C)C1. The largest absolute Gasteiger partial charge is 0.389 e. The smallest absolute Gasteiger partial charge is 0.0900 e. The van der Waals surface area contributed by atoms with Crippen LogP contribution in [0.4, 0.5) is 0 Å². The van der Waals surface area contributed by atoms with Gasteiger partial charge in [0.2, 0.25) is 0 Å². The van der Waals surface area contributed by atoms with Crippen molar-refractivity contribution >= 4 is 0 Å². The lowest BCUT2D eigenvalue weighted by Crippen LogP contribution is -2.55. The Bertz CT molecular complexity index is 139. The van der Waals surface area contributed by atoms with E-state index in [1.165, 1.54) is 0 Å². The number of aliphatic hydroxyl groups excluding tert-OH is 1. The molecule has 72 valence electrons. The van der Waals surface area contributed by atoms with E-state index in [9.17, 15) is 5.11 Å². The van der Waals surface area contributed by atoms with Gasteiger partial charge < -0.3 is 9.84 Å². The Balaban J connectivity index is 2.10. The van der Waals surface area contributed by atoms with Gasteiger partial charge in [-0.3, -0.25) is 4.90 Å². The van der Waals surface area contributed by atoms with Crippen molar-refractivity contribution in [3.8, 4) is 0 Å². The molecular weight excluding hydrogens is 154 g/mol. The quantitative estimate of drug-likeness (QED) is 0.665. The van der Waals surface area contributed by atoms with E-state index in [1.54, 1.807) is 7.11 Å². The second-order valence-electron chi connectivity index (χ2n) is 4.44. The van der Waals surface area contributed by atoms with Gasteiger partial charge in [-0.1, -0.05) is 13.8 Å². The number of β-amino-alcohol motifs (C(OH)–C–C–N with tert-alkyl or cyclic N) is 1. The Morgan fingerprint density at radius 2 is 2.08 bits per heavy atom. The van der Waals surface area contributed by atoms with Crippen molar-refractivity contribution in [2.45, 2.75) is 20.0 Å². The van der Waals surface area contributed by atoms with Crippen LogP contribution in [-0.2, 0) is 4.74 Å². The van der Waals surface area contributed by atoms with Crippen molar-refractivity contribution < 1.29 is 9.84 Å². The zero-order valence-corrected chi connectivity index (χ0v) is 8.21. The second-order valence-corrected chi connectivity index (χ2v) is 4.44. The first-order valence-electron chi connectivity index (χ1n) is 4.43. The van der Waals surface area contributed by atoms with Gasteiger partial charge in [-0.15, -0.1) is 0 Å². The highest BCUT2D eigenvalue weighted by Crippen LogP contribution is 2.28. The molecule has 1 atom stereocenters. The molecule has 1 rings (SSSR count). The Hall–Kier alpha value is -0.120. The van der Waals surface area contributed by atoms with Crippen molar-refractivity contribution in [3.63, 3.8) is 0 Å². The minimum absolute atomic E-state index is 0.328. The fraction of sp³-hybridized carbons (Fsp3) is 1.00. The molecule has 0 spiro atoms. The third-order valence-electron chi connectivity index (χ3n) is 2.13. The number of methoxy groups -OCH3 is 1. The van der Waals surface area contributed by atoms with E-state index >= 15 is 0 Å². The van der Waals surface area contributed by atoms with E-state index in [2.05, 4.69) is 18.7 Å². The Morgan fingerprint density at radius 1 is 1.50 bits per heavy atom. The summed E-state index contributed by atoms with van der Waals surface area (Å²) in [7, 11) is 1.61. The summed E-state index contributed by atoms with van der Waals surface area (Å²) in [5.41, 5.74) is 0.451. The van der Waals surface area contributed by atoms with Crippen LogP contribution >= 0.6 is 0 Å². The monoisotopic (exact) mass is 173 g/mol. The predicted molar refractivity (Wildman–Crippen MR) is 48.1 cm³/mol. The van der Waals surface area contributed by atoms with Gasteiger partial charge in [0.15, 0.2) is 0 Å². The zero-order chi connectivity index (χ0) is 9.19. The first-order valence-corrected chi connectivity index (χ1v) is 4.43. The minimum atomic E-state index is -0.328. The van der Waals surface area contributed by atoms with E-state index < -0.39 is 0 Å². The van der Waals surface area contributed by atoms with Crippen molar-refractivity contribution in [1.82, 2.24) is 4.90 Å². The summed E-state index contributed by atoms with van der Waals surface area (Å²) in [5, 5.41) is 9.39. The number of nitrogens with zero attached hydrogens (tertiary/aromatic N) is 1. The van der Waals surface area contributed by atoms with Crippen LogP contribution in [0.3, 0.4) is 0 Å². The van der Waals surface area contributed by atoms with Gasteiger partial charge in [0.1, 0.15) is 0 Å². The van der Waals surface area contributed by atoms with Crippen LogP contribution in [0.5, 0.6) is 0 Å². The summed E-state index contributed by atoms with van der Waals surface area (Å²) in [4.78, 5) is 2.25. The topological polar surface area (TPSA) is 32.7 Å². The number of rotatable bonds is 4. The van der Waals surface area contributed by atoms with Crippen molar-refractivity contribution in [3.05, 3.63) is 0 Å². The normalized spacial score (nSPS) is 25.0. The molecule has 1 unspecified atom stereocenters. The third-order valence-corrected chi connectivity index (χ3v) is 2.13. The molecule has 0 amide bonds. The molecular formula is C9H19NO2. The number of hydrogen-bond acceptors (Lipinski definition) is 3. The summed E-state index contributed by atoms with van der Waals surface area (Å²) < 4.78 is 4.85. The molecule has 0 aromatic rings. The maximum atomic E-state index is 9.39. The van der Waals surface area contributed by atoms with E-state index in [4.69, 9.17) is 4.74 Å². The molecule has 1 saturated heterocycles. The van der Waals surface area contributed by atoms with Gasteiger partial charge >= 0.3 is 0 Å². The molecule has 0 radical (unpaired) electrons. The van der Waals surface area contributed by atoms with E-state index in [0.717, 1.165) is 19.6 Å². The summed E-state index contributed by atoms with van der Waals surface area (Å²) >= 11 is 0. The van der Waals surface area contributed by atoms with Gasteiger partial charge in [0, 0.05) is 26.7 Å². The molecule has 0 saturated carbocycles. The van der Waals surface area contributed by atoms with Gasteiger partial charge in [0.25, 0.3) is 0 Å². The summed E-state index contributed by atoms with van der Waals surface area (Å²) in [6.07, 6.45) is -0.328. The number of likely N-dealkylation sites (tertiary alicyclic amines) is 1. The van der Waals surface area contributed by atoms with Gasteiger partial charge in [-0.2, -0.15) is 0 Å². The zero-order valence-electron chi connectivity index (χ0n) is 8.21. The Morgan fingerprint density at radius 3 is 2.50 bits per heavy atom. The molecule has 3 nitrogen and oxygen atoms in total. The number of hydrogen-bond donors (Lipinski definition) is 1. The van der Waals surface area contributed by atoms with E-state index in [1.807, 2.05) is 0 Å². The summed E-state index contributed by atoms with van der Waals surface area (Å²) in [5.74, 6) is 0. The molecule has 1 N–H and O–H groups in total. The maximum Gasteiger partial charge on any atom is 0.0900 e. The van der Waals surface area contributed by atoms with Crippen LogP contribution in [0.1, 0.15) is 13.8 Å². The lowest BCUT2D eigenvalue weighted by molar-refractivity contribution is -0.0258. The van der Waals surface area contributed by atoms with Crippen molar-refractivity contribution in [2.75, 3.05) is 33.4 Å². The van der Waals surface area contributed by atoms with E-state index in [0.29, 0.717) is 12.0 Å². The lowest BCUT2D eigenvalue weighted by Gasteiger charge is -2.46. The molecule has 0 bridgehead atoms. The molecule has 1 heterocycles. The Kier molecular flexibility index (Phi) is 3.09. The van der Waals surface area contributed by atoms with Gasteiger partial charge in [-0.25, -0.2) is 0 Å². The molecule has 0 aromatic heterocycles. The third kappa shape index (κ3) is 2.73. The number of aliphatic hydroxyl groups is 1. The minimum Gasteiger partial charge on any atom is -0.389 e. The molecule has 1 aliphatic heterocycles. The molecule has 1 aliphatic rings. The molecule has 0 aliphatic carbocycles. The van der Waals surface area contributed by atoms with Gasteiger partial charge in [-0.05, 0) is 5.41 Å². The lowest BCUT2D eigenvalue weighted by atomic mass is 9.84. The fourth-order valence-electron chi connectivity index (χ4n) is 1.84. The highest BCUT2D eigenvalue weighted by molar-refractivity contribution is 4.88. The average molecular weight is 173 g/mol. The van der Waals surface area contributed by atoms with Crippen LogP contribution in [-0.4, -0.2) is 49.5 Å². The standard InChI is InChI=1S/C9H19NO2/c1-9(2)6-10(7-9)4-8(11)5-12-3/h8,11H,4-7H2,1-3H3.